The van der Waals surface area contributed by atoms with E-state index in [1.54, 1.807) is 0 Å². The molecule has 1 aliphatic heterocycles. The van der Waals surface area contributed by atoms with Crippen molar-refractivity contribution in [1.82, 2.24) is 10.2 Å². The van der Waals surface area contributed by atoms with Crippen LogP contribution in [0.1, 0.15) is 58.9 Å². The minimum absolute atomic E-state index is 0.0558. The molecule has 0 saturated carbocycles. The molecule has 6 nitrogen and oxygen atoms in total. The van der Waals surface area contributed by atoms with Gasteiger partial charge in [-0.3, -0.25) is 9.69 Å². The second-order valence-electron chi connectivity index (χ2n) is 9.69. The third-order valence-electron chi connectivity index (χ3n) is 7.01. The van der Waals surface area contributed by atoms with Gasteiger partial charge in [0.2, 0.25) is 0 Å². The summed E-state index contributed by atoms with van der Waals surface area (Å²) < 4.78 is 14.4. The van der Waals surface area contributed by atoms with Gasteiger partial charge in [-0.15, -0.1) is 0 Å². The molecule has 4 rings (SSSR count). The molecule has 0 radical (unpaired) electrons. The van der Waals surface area contributed by atoms with Gasteiger partial charge in [-0.25, -0.2) is 4.39 Å². The van der Waals surface area contributed by atoms with Crippen LogP contribution in [-0.4, -0.2) is 43.0 Å². The number of anilines is 1. The summed E-state index contributed by atoms with van der Waals surface area (Å²) in [5.41, 5.74) is 4.04. The first-order valence-electron chi connectivity index (χ1n) is 12.4. The Labute approximate surface area is 217 Å². The van der Waals surface area contributed by atoms with Crippen molar-refractivity contribution in [3.63, 3.8) is 0 Å². The van der Waals surface area contributed by atoms with Crippen LogP contribution >= 0.6 is 0 Å². The average molecular weight is 496 g/mol. The van der Waals surface area contributed by atoms with Gasteiger partial charge in [-0.05, 0) is 73.9 Å². The molecule has 3 aromatic carbocycles. The number of carbonyl (C=O) groups is 1. The Morgan fingerprint density at radius 2 is 1.59 bits per heavy atom. The fraction of sp³-hybridized carbons (Fsp3) is 0.300. The van der Waals surface area contributed by atoms with Gasteiger partial charge in [0.05, 0.1) is 34.9 Å². The molecule has 3 aromatic rings. The van der Waals surface area contributed by atoms with Gasteiger partial charge in [-0.2, -0.15) is 10.5 Å². The van der Waals surface area contributed by atoms with Crippen LogP contribution in [0.5, 0.6) is 0 Å². The third kappa shape index (κ3) is 5.80. The monoisotopic (exact) mass is 495 g/mol. The lowest BCUT2D eigenvalue weighted by Crippen LogP contribution is -2.38. The summed E-state index contributed by atoms with van der Waals surface area (Å²) in [7, 11) is 2.07. The molecule has 1 fully saturated rings. The molecule has 1 aliphatic rings. The summed E-state index contributed by atoms with van der Waals surface area (Å²) in [5, 5.41) is 21.1. The molecule has 1 N–H and O–H groups in total. The van der Waals surface area contributed by atoms with E-state index < -0.39 is 11.7 Å². The average Bonchev–Trinajstić information content (AvgIpc) is 3.36. The summed E-state index contributed by atoms with van der Waals surface area (Å²) in [6.07, 6.45) is 0.727. The lowest BCUT2D eigenvalue weighted by atomic mass is 9.96. The van der Waals surface area contributed by atoms with Crippen LogP contribution in [0.4, 0.5) is 10.1 Å². The van der Waals surface area contributed by atoms with E-state index in [-0.39, 0.29) is 23.2 Å². The number of carbonyl (C=O) groups excluding carboxylic acids is 1. The Balaban J connectivity index is 1.55. The standard InChI is InChI=1S/C30H30FN5O/c1-20(2)35(3)26-11-9-24(10-12-26)29(23-7-4-21(17-32)5-8-23)36-15-14-25(19-36)34-30(37)27-13-6-22(18-33)16-28(27)31/h4-13,16,20,25,29H,14-15,19H2,1-3H3,(H,34,37)/t25?,29-/m1/s1. The predicted molar refractivity (Wildman–Crippen MR) is 142 cm³/mol. The number of halogens is 1. The van der Waals surface area contributed by atoms with Crippen molar-refractivity contribution in [2.75, 3.05) is 25.0 Å². The molecule has 0 bridgehead atoms. The first kappa shape index (κ1) is 25.9. The van der Waals surface area contributed by atoms with E-state index in [4.69, 9.17) is 5.26 Å². The van der Waals surface area contributed by atoms with Crippen molar-refractivity contribution in [3.8, 4) is 12.1 Å². The van der Waals surface area contributed by atoms with Crippen LogP contribution in [0.2, 0.25) is 0 Å². The topological polar surface area (TPSA) is 83.2 Å². The summed E-state index contributed by atoms with van der Waals surface area (Å²) in [5.74, 6) is -1.18. The van der Waals surface area contributed by atoms with Gasteiger partial charge in [0, 0.05) is 37.9 Å². The van der Waals surface area contributed by atoms with Crippen molar-refractivity contribution in [1.29, 1.82) is 10.5 Å². The Morgan fingerprint density at radius 1 is 1.00 bits per heavy atom. The van der Waals surface area contributed by atoms with Gasteiger partial charge in [0.25, 0.3) is 5.91 Å². The Hall–Kier alpha value is -4.20. The molecule has 0 spiro atoms. The van der Waals surface area contributed by atoms with Crippen LogP contribution in [-0.2, 0) is 0 Å². The van der Waals surface area contributed by atoms with Gasteiger partial charge < -0.3 is 10.2 Å². The first-order chi connectivity index (χ1) is 17.8. The fourth-order valence-electron chi connectivity index (χ4n) is 4.72. The van der Waals surface area contributed by atoms with Crippen molar-refractivity contribution in [2.45, 2.75) is 38.4 Å². The Kier molecular flexibility index (Phi) is 7.86. The van der Waals surface area contributed by atoms with Crippen LogP contribution < -0.4 is 10.2 Å². The molecule has 0 aromatic heterocycles. The molecule has 1 saturated heterocycles. The van der Waals surface area contributed by atoms with E-state index in [0.29, 0.717) is 18.2 Å². The second-order valence-corrected chi connectivity index (χ2v) is 9.69. The molecule has 1 unspecified atom stereocenters. The highest BCUT2D eigenvalue weighted by Crippen LogP contribution is 2.33. The number of nitrogens with one attached hydrogen (secondary N) is 1. The summed E-state index contributed by atoms with van der Waals surface area (Å²) in [6.45, 7) is 5.65. The van der Waals surface area contributed by atoms with E-state index in [2.05, 4.69) is 66.3 Å². The lowest BCUT2D eigenvalue weighted by molar-refractivity contribution is 0.0933. The van der Waals surface area contributed by atoms with Gasteiger partial charge in [0.1, 0.15) is 5.82 Å². The SMILES string of the molecule is CC(C)N(C)c1ccc([C@@H](c2ccc(C#N)cc2)N2CCC(NC(=O)c3ccc(C#N)cc3F)C2)cc1. The van der Waals surface area contributed by atoms with E-state index >= 15 is 0 Å². The largest absolute Gasteiger partial charge is 0.372 e. The molecule has 188 valence electrons. The van der Waals surface area contributed by atoms with Gasteiger partial charge >= 0.3 is 0 Å². The maximum atomic E-state index is 14.4. The maximum absolute atomic E-state index is 14.4. The van der Waals surface area contributed by atoms with Crippen LogP contribution in [0.3, 0.4) is 0 Å². The number of hydrogen-bond donors (Lipinski definition) is 1. The number of benzene rings is 3. The second kappa shape index (κ2) is 11.2. The normalized spacial score (nSPS) is 16.1. The van der Waals surface area contributed by atoms with Crippen molar-refractivity contribution < 1.29 is 9.18 Å². The minimum Gasteiger partial charge on any atom is -0.372 e. The molecular formula is C30H30FN5O. The Morgan fingerprint density at radius 3 is 2.16 bits per heavy atom. The molecule has 1 heterocycles. The van der Waals surface area contributed by atoms with E-state index in [1.807, 2.05) is 30.3 Å². The molecular weight excluding hydrogens is 465 g/mol. The van der Waals surface area contributed by atoms with Crippen LogP contribution in [0, 0.1) is 28.5 Å². The maximum Gasteiger partial charge on any atom is 0.254 e. The molecule has 0 aliphatic carbocycles. The Bertz CT molecular complexity index is 1340. The van der Waals surface area contributed by atoms with Crippen molar-refractivity contribution in [2.24, 2.45) is 0 Å². The zero-order chi connectivity index (χ0) is 26.5. The summed E-state index contributed by atoms with van der Waals surface area (Å²) in [6, 6.07) is 24.2. The van der Waals surface area contributed by atoms with Crippen LogP contribution in [0.25, 0.3) is 0 Å². The fourth-order valence-corrected chi connectivity index (χ4v) is 4.72. The number of rotatable bonds is 7. The van der Waals surface area contributed by atoms with Gasteiger partial charge in [0.15, 0.2) is 0 Å². The number of nitriles is 2. The first-order valence-corrected chi connectivity index (χ1v) is 12.4. The number of nitrogens with zero attached hydrogens (tertiary/aromatic N) is 4. The molecule has 7 heteroatoms. The zero-order valence-electron chi connectivity index (χ0n) is 21.3. The zero-order valence-corrected chi connectivity index (χ0v) is 21.3. The van der Waals surface area contributed by atoms with E-state index in [0.717, 1.165) is 35.8 Å². The van der Waals surface area contributed by atoms with Gasteiger partial charge in [-0.1, -0.05) is 24.3 Å². The van der Waals surface area contributed by atoms with E-state index in [9.17, 15) is 14.4 Å². The summed E-state index contributed by atoms with van der Waals surface area (Å²) >= 11 is 0. The highest BCUT2D eigenvalue weighted by atomic mass is 19.1. The molecule has 37 heavy (non-hydrogen) atoms. The molecule has 1 amide bonds. The minimum atomic E-state index is -0.701. The lowest BCUT2D eigenvalue weighted by Gasteiger charge is -2.30. The molecule has 2 atom stereocenters. The predicted octanol–water partition coefficient (Wildman–Crippen LogP) is 5.01. The van der Waals surface area contributed by atoms with E-state index in [1.165, 1.54) is 12.1 Å². The van der Waals surface area contributed by atoms with Crippen molar-refractivity contribution in [3.05, 3.63) is 100 Å². The number of hydrogen-bond acceptors (Lipinski definition) is 5. The quantitative estimate of drug-likeness (QED) is 0.498. The third-order valence-corrected chi connectivity index (χ3v) is 7.01. The highest BCUT2D eigenvalue weighted by molar-refractivity contribution is 5.94. The number of likely N-dealkylation sites (tertiary alicyclic amines) is 1. The number of amides is 1. The van der Waals surface area contributed by atoms with Crippen LogP contribution in [0.15, 0.2) is 66.7 Å². The summed E-state index contributed by atoms with van der Waals surface area (Å²) in [4.78, 5) is 17.3. The highest BCUT2D eigenvalue weighted by Gasteiger charge is 2.31. The smallest absolute Gasteiger partial charge is 0.254 e. The van der Waals surface area contributed by atoms with Crippen molar-refractivity contribution >= 4 is 11.6 Å².